The van der Waals surface area contributed by atoms with Crippen LogP contribution in [0, 0.1) is 21.7 Å². The van der Waals surface area contributed by atoms with Crippen LogP contribution in [0.15, 0.2) is 42.5 Å². The molecule has 0 bridgehead atoms. The molecule has 2 aromatic carbocycles. The van der Waals surface area contributed by atoms with E-state index in [9.17, 15) is 23.7 Å². The van der Waals surface area contributed by atoms with E-state index in [1.54, 1.807) is 6.07 Å². The number of nitrogens with one attached hydrogen (secondary N) is 1. The van der Waals surface area contributed by atoms with Crippen LogP contribution in [-0.2, 0) is 4.79 Å². The van der Waals surface area contributed by atoms with Gasteiger partial charge in [-0.1, -0.05) is 12.1 Å². The fourth-order valence-electron chi connectivity index (χ4n) is 1.96. The lowest BCUT2D eigenvalue weighted by Crippen LogP contribution is -2.30. The van der Waals surface area contributed by atoms with Crippen molar-refractivity contribution in [1.82, 2.24) is 0 Å². The van der Waals surface area contributed by atoms with Crippen molar-refractivity contribution in [2.24, 2.45) is 0 Å². The highest BCUT2D eigenvalue weighted by molar-refractivity contribution is 5.95. The summed E-state index contributed by atoms with van der Waals surface area (Å²) in [4.78, 5) is 23.7. The van der Waals surface area contributed by atoms with Crippen molar-refractivity contribution in [3.05, 3.63) is 64.2 Å². The van der Waals surface area contributed by atoms with E-state index in [0.29, 0.717) is 5.69 Å². The molecule has 2 aromatic rings. The minimum Gasteiger partial charge on any atom is -0.365 e. The van der Waals surface area contributed by atoms with Crippen molar-refractivity contribution in [3.63, 3.8) is 0 Å². The first-order valence-corrected chi connectivity index (χ1v) is 6.58. The molecular weight excluding hydrogens is 308 g/mol. The van der Waals surface area contributed by atoms with Crippen molar-refractivity contribution < 1.29 is 18.5 Å². The summed E-state index contributed by atoms with van der Waals surface area (Å²) in [6.45, 7) is -0.183. The fraction of sp³-hybridized carbons (Fsp3) is 0.133. The van der Waals surface area contributed by atoms with Gasteiger partial charge in [0.15, 0.2) is 11.6 Å². The van der Waals surface area contributed by atoms with Crippen LogP contribution >= 0.6 is 0 Å². The van der Waals surface area contributed by atoms with E-state index in [1.165, 1.54) is 36.2 Å². The zero-order valence-electron chi connectivity index (χ0n) is 12.1. The number of hydrogen-bond acceptors (Lipinski definition) is 4. The Balaban J connectivity index is 2.07. The lowest BCUT2D eigenvalue weighted by molar-refractivity contribution is -0.383. The molecule has 1 N–H and O–H groups in total. The van der Waals surface area contributed by atoms with Gasteiger partial charge >= 0.3 is 0 Å². The Morgan fingerprint density at radius 3 is 2.57 bits per heavy atom. The maximum atomic E-state index is 13.2. The third-order valence-corrected chi connectivity index (χ3v) is 3.10. The van der Waals surface area contributed by atoms with Crippen LogP contribution in [0.4, 0.5) is 25.8 Å². The van der Waals surface area contributed by atoms with Crippen LogP contribution in [-0.4, -0.2) is 24.4 Å². The summed E-state index contributed by atoms with van der Waals surface area (Å²) >= 11 is 0. The van der Waals surface area contributed by atoms with Gasteiger partial charge in [0.2, 0.25) is 5.91 Å². The third kappa shape index (κ3) is 4.00. The molecule has 0 radical (unpaired) electrons. The number of halogens is 2. The second-order valence-corrected chi connectivity index (χ2v) is 4.78. The molecule has 0 saturated heterocycles. The zero-order valence-corrected chi connectivity index (χ0v) is 12.1. The van der Waals surface area contributed by atoms with Gasteiger partial charge in [-0.2, -0.15) is 0 Å². The average Bonchev–Trinajstić information content (AvgIpc) is 2.50. The van der Waals surface area contributed by atoms with Gasteiger partial charge in [-0.05, 0) is 18.2 Å². The summed E-state index contributed by atoms with van der Waals surface area (Å²) in [5, 5.41) is 13.3. The molecule has 120 valence electrons. The highest BCUT2D eigenvalue weighted by Gasteiger charge is 2.16. The summed E-state index contributed by atoms with van der Waals surface area (Å²) in [5.41, 5.74) is 0.152. The molecule has 0 aromatic heterocycles. The Hall–Kier alpha value is -3.03. The molecule has 0 aliphatic rings. The number of amides is 1. The molecule has 1 amide bonds. The van der Waals surface area contributed by atoms with Crippen LogP contribution in [0.2, 0.25) is 0 Å². The van der Waals surface area contributed by atoms with E-state index >= 15 is 0 Å². The van der Waals surface area contributed by atoms with E-state index < -0.39 is 22.5 Å². The van der Waals surface area contributed by atoms with E-state index in [1.807, 2.05) is 0 Å². The normalized spacial score (nSPS) is 10.2. The minimum absolute atomic E-state index is 0.0705. The standard InChI is InChI=1S/C15H13F2N3O3/c1-19(10-6-7-11(16)12(17)8-10)9-15(21)18-13-4-2-3-5-14(13)20(22)23/h2-8H,9H2,1H3,(H,18,21). The molecule has 0 saturated carbocycles. The van der Waals surface area contributed by atoms with Gasteiger partial charge in [0, 0.05) is 24.9 Å². The lowest BCUT2D eigenvalue weighted by atomic mass is 10.2. The van der Waals surface area contributed by atoms with Crippen LogP contribution < -0.4 is 10.2 Å². The SMILES string of the molecule is CN(CC(=O)Nc1ccccc1[N+](=O)[O-])c1ccc(F)c(F)c1. The molecule has 0 aliphatic heterocycles. The third-order valence-electron chi connectivity index (χ3n) is 3.10. The first kappa shape index (κ1) is 16.3. The number of benzene rings is 2. The van der Waals surface area contributed by atoms with Crippen LogP contribution in [0.3, 0.4) is 0 Å². The van der Waals surface area contributed by atoms with Crippen molar-refractivity contribution in [2.75, 3.05) is 23.8 Å². The summed E-state index contributed by atoms with van der Waals surface area (Å²) in [6, 6.07) is 8.98. The van der Waals surface area contributed by atoms with Crippen LogP contribution in [0.25, 0.3) is 0 Å². The summed E-state index contributed by atoms with van der Waals surface area (Å²) < 4.78 is 26.1. The second-order valence-electron chi connectivity index (χ2n) is 4.78. The number of para-hydroxylation sites is 2. The molecule has 0 atom stereocenters. The number of nitrogens with zero attached hydrogens (tertiary/aromatic N) is 2. The van der Waals surface area contributed by atoms with E-state index in [4.69, 9.17) is 0 Å². The Kier molecular flexibility index (Phi) is 4.85. The molecule has 0 spiro atoms. The van der Waals surface area contributed by atoms with Gasteiger partial charge in [-0.3, -0.25) is 14.9 Å². The maximum Gasteiger partial charge on any atom is 0.292 e. The number of carbonyl (C=O) groups excluding carboxylic acids is 1. The summed E-state index contributed by atoms with van der Waals surface area (Å²) in [5.74, 6) is -2.52. The molecule has 0 unspecified atom stereocenters. The first-order chi connectivity index (χ1) is 10.9. The number of likely N-dealkylation sites (N-methyl/N-ethyl adjacent to an activating group) is 1. The van der Waals surface area contributed by atoms with E-state index in [2.05, 4.69) is 5.32 Å². The largest absolute Gasteiger partial charge is 0.365 e. The van der Waals surface area contributed by atoms with Crippen molar-refractivity contribution in [3.8, 4) is 0 Å². The topological polar surface area (TPSA) is 75.5 Å². The number of nitro groups is 1. The van der Waals surface area contributed by atoms with Gasteiger partial charge in [-0.25, -0.2) is 8.78 Å². The Morgan fingerprint density at radius 2 is 1.91 bits per heavy atom. The predicted molar refractivity (Wildman–Crippen MR) is 81.4 cm³/mol. The van der Waals surface area contributed by atoms with E-state index in [0.717, 1.165) is 12.1 Å². The average molecular weight is 321 g/mol. The first-order valence-electron chi connectivity index (χ1n) is 6.58. The van der Waals surface area contributed by atoms with Gasteiger partial charge in [0.25, 0.3) is 5.69 Å². The van der Waals surface area contributed by atoms with Gasteiger partial charge in [-0.15, -0.1) is 0 Å². The molecule has 2 rings (SSSR count). The summed E-state index contributed by atoms with van der Waals surface area (Å²) in [6.07, 6.45) is 0. The molecule has 0 heterocycles. The Bertz CT molecular complexity index is 752. The molecule has 0 fully saturated rings. The number of nitro benzene ring substituents is 1. The minimum atomic E-state index is -1.02. The van der Waals surface area contributed by atoms with Gasteiger partial charge in [0.05, 0.1) is 11.5 Å². The molecule has 23 heavy (non-hydrogen) atoms. The maximum absolute atomic E-state index is 13.2. The lowest BCUT2D eigenvalue weighted by Gasteiger charge is -2.18. The predicted octanol–water partition coefficient (Wildman–Crippen LogP) is 2.95. The fourth-order valence-corrected chi connectivity index (χ4v) is 1.96. The molecule has 0 aliphatic carbocycles. The van der Waals surface area contributed by atoms with Crippen LogP contribution in [0.1, 0.15) is 0 Å². The number of carbonyl (C=O) groups is 1. The molecular formula is C15H13F2N3O3. The summed E-state index contributed by atoms with van der Waals surface area (Å²) in [7, 11) is 1.52. The second kappa shape index (κ2) is 6.82. The molecule has 6 nitrogen and oxygen atoms in total. The van der Waals surface area contributed by atoms with Gasteiger partial charge in [0.1, 0.15) is 5.69 Å². The van der Waals surface area contributed by atoms with Crippen LogP contribution in [0.5, 0.6) is 0 Å². The van der Waals surface area contributed by atoms with Crippen molar-refractivity contribution >= 4 is 23.0 Å². The quantitative estimate of drug-likeness (QED) is 0.678. The Morgan fingerprint density at radius 1 is 1.22 bits per heavy atom. The Labute approximate surface area is 130 Å². The number of hydrogen-bond donors (Lipinski definition) is 1. The smallest absolute Gasteiger partial charge is 0.292 e. The monoisotopic (exact) mass is 321 g/mol. The van der Waals surface area contributed by atoms with Crippen molar-refractivity contribution in [2.45, 2.75) is 0 Å². The van der Waals surface area contributed by atoms with E-state index in [-0.39, 0.29) is 17.9 Å². The highest BCUT2D eigenvalue weighted by atomic mass is 19.2. The highest BCUT2D eigenvalue weighted by Crippen LogP contribution is 2.23. The van der Waals surface area contributed by atoms with Crippen molar-refractivity contribution in [1.29, 1.82) is 0 Å². The zero-order chi connectivity index (χ0) is 17.0. The number of anilines is 2. The molecule has 8 heteroatoms. The van der Waals surface area contributed by atoms with Gasteiger partial charge < -0.3 is 10.2 Å². The number of rotatable bonds is 5.